The number of benzene rings is 1. The topological polar surface area (TPSA) is 101 Å². The highest BCUT2D eigenvalue weighted by molar-refractivity contribution is 5.57. The summed E-state index contributed by atoms with van der Waals surface area (Å²) in [4.78, 5) is 22.5. The molecule has 9 heteroatoms. The first-order valence-electron chi connectivity index (χ1n) is 11.7. The molecule has 0 amide bonds. The standard InChI is InChI=1S/C27H25N7O2/c1-3-35-25-17-29-23(16-30-25)27-32-26(33-34(27)19(2)21-12-14-28-15-13-21)22-10-7-11-24(31-22)36-18-20-8-5-4-6-9-20/h4-17,19H,3,18H2,1-2H3. The van der Waals surface area contributed by atoms with Gasteiger partial charge in [0, 0.05) is 18.5 Å². The molecule has 1 unspecified atom stereocenters. The maximum absolute atomic E-state index is 5.91. The summed E-state index contributed by atoms with van der Waals surface area (Å²) in [5.41, 5.74) is 3.28. The highest BCUT2D eigenvalue weighted by atomic mass is 16.5. The molecular weight excluding hydrogens is 454 g/mol. The maximum atomic E-state index is 5.91. The number of ether oxygens (including phenoxy) is 2. The minimum atomic E-state index is -0.130. The lowest BCUT2D eigenvalue weighted by Crippen LogP contribution is -2.11. The van der Waals surface area contributed by atoms with Gasteiger partial charge in [0.05, 0.1) is 25.0 Å². The van der Waals surface area contributed by atoms with Crippen LogP contribution in [0.2, 0.25) is 0 Å². The Morgan fingerprint density at radius 1 is 0.806 bits per heavy atom. The SMILES string of the molecule is CCOc1cnc(-c2nc(-c3cccc(OCc4ccccc4)n3)nn2C(C)c2ccncc2)cn1. The lowest BCUT2D eigenvalue weighted by atomic mass is 10.1. The third-order valence-electron chi connectivity index (χ3n) is 5.52. The van der Waals surface area contributed by atoms with Crippen LogP contribution in [-0.4, -0.2) is 41.3 Å². The third kappa shape index (κ3) is 5.20. The Bertz CT molecular complexity index is 1410. The second-order valence-corrected chi connectivity index (χ2v) is 7.97. The van der Waals surface area contributed by atoms with Gasteiger partial charge in [0.25, 0.3) is 0 Å². The number of pyridine rings is 2. The van der Waals surface area contributed by atoms with Gasteiger partial charge >= 0.3 is 0 Å². The maximum Gasteiger partial charge on any atom is 0.232 e. The van der Waals surface area contributed by atoms with E-state index in [0.29, 0.717) is 48.0 Å². The van der Waals surface area contributed by atoms with Gasteiger partial charge in [-0.15, -0.1) is 5.10 Å². The van der Waals surface area contributed by atoms with Crippen LogP contribution in [-0.2, 0) is 6.61 Å². The van der Waals surface area contributed by atoms with Crippen molar-refractivity contribution in [1.29, 1.82) is 0 Å². The van der Waals surface area contributed by atoms with Gasteiger partial charge < -0.3 is 9.47 Å². The van der Waals surface area contributed by atoms with Gasteiger partial charge in [0.15, 0.2) is 5.82 Å². The van der Waals surface area contributed by atoms with E-state index in [1.54, 1.807) is 24.8 Å². The van der Waals surface area contributed by atoms with Crippen LogP contribution in [0.1, 0.15) is 31.0 Å². The van der Waals surface area contributed by atoms with E-state index >= 15 is 0 Å². The van der Waals surface area contributed by atoms with Gasteiger partial charge in [0.2, 0.25) is 17.6 Å². The van der Waals surface area contributed by atoms with Crippen LogP contribution < -0.4 is 9.47 Å². The molecule has 4 heterocycles. The number of hydrogen-bond acceptors (Lipinski definition) is 8. The molecule has 1 aromatic carbocycles. The molecule has 5 rings (SSSR count). The van der Waals surface area contributed by atoms with E-state index in [4.69, 9.17) is 19.6 Å². The van der Waals surface area contributed by atoms with Crippen molar-refractivity contribution in [3.63, 3.8) is 0 Å². The fourth-order valence-corrected chi connectivity index (χ4v) is 3.66. The van der Waals surface area contributed by atoms with Crippen molar-refractivity contribution in [2.24, 2.45) is 0 Å². The number of nitrogens with zero attached hydrogens (tertiary/aromatic N) is 7. The van der Waals surface area contributed by atoms with Crippen LogP contribution in [0.5, 0.6) is 11.8 Å². The molecule has 9 nitrogen and oxygen atoms in total. The van der Waals surface area contributed by atoms with Gasteiger partial charge in [-0.2, -0.15) is 0 Å². The highest BCUT2D eigenvalue weighted by Crippen LogP contribution is 2.27. The molecule has 180 valence electrons. The Morgan fingerprint density at radius 3 is 2.39 bits per heavy atom. The van der Waals surface area contributed by atoms with Gasteiger partial charge in [-0.3, -0.25) is 4.98 Å². The average molecular weight is 480 g/mol. The van der Waals surface area contributed by atoms with E-state index in [2.05, 4.69) is 19.9 Å². The lowest BCUT2D eigenvalue weighted by molar-refractivity contribution is 0.294. The summed E-state index contributed by atoms with van der Waals surface area (Å²) in [6.07, 6.45) is 6.75. The smallest absolute Gasteiger partial charge is 0.232 e. The zero-order valence-electron chi connectivity index (χ0n) is 20.0. The second-order valence-electron chi connectivity index (χ2n) is 7.97. The minimum absolute atomic E-state index is 0.130. The Hall–Kier alpha value is -4.66. The van der Waals surface area contributed by atoms with Crippen LogP contribution in [0.15, 0.2) is 85.5 Å². The molecular formula is C27H25N7O2. The first kappa shape index (κ1) is 23.1. The molecule has 0 N–H and O–H groups in total. The molecule has 0 saturated heterocycles. The first-order valence-corrected chi connectivity index (χ1v) is 11.7. The quantitative estimate of drug-likeness (QED) is 0.298. The van der Waals surface area contributed by atoms with Crippen molar-refractivity contribution in [1.82, 2.24) is 34.7 Å². The molecule has 4 aromatic heterocycles. The molecule has 0 aliphatic carbocycles. The van der Waals surface area contributed by atoms with Gasteiger partial charge in [0.1, 0.15) is 18.0 Å². The molecule has 0 radical (unpaired) electrons. The minimum Gasteiger partial charge on any atom is -0.477 e. The van der Waals surface area contributed by atoms with Crippen molar-refractivity contribution >= 4 is 0 Å². The predicted octanol–water partition coefficient (Wildman–Crippen LogP) is 4.78. The molecule has 0 saturated carbocycles. The fraction of sp³-hybridized carbons (Fsp3) is 0.185. The Balaban J connectivity index is 1.49. The lowest BCUT2D eigenvalue weighted by Gasteiger charge is -2.14. The Kier molecular flexibility index (Phi) is 6.88. The largest absolute Gasteiger partial charge is 0.477 e. The van der Waals surface area contributed by atoms with Crippen molar-refractivity contribution in [2.75, 3.05) is 6.61 Å². The average Bonchev–Trinajstić information content (AvgIpc) is 3.39. The van der Waals surface area contributed by atoms with Crippen LogP contribution >= 0.6 is 0 Å². The van der Waals surface area contributed by atoms with E-state index in [9.17, 15) is 0 Å². The Morgan fingerprint density at radius 2 is 1.64 bits per heavy atom. The summed E-state index contributed by atoms with van der Waals surface area (Å²) in [6, 6.07) is 19.3. The van der Waals surface area contributed by atoms with E-state index in [1.807, 2.05) is 79.2 Å². The van der Waals surface area contributed by atoms with Crippen LogP contribution in [0.25, 0.3) is 23.0 Å². The number of aromatic nitrogens is 7. The first-order chi connectivity index (χ1) is 17.7. The molecule has 0 fully saturated rings. The molecule has 0 spiro atoms. The van der Waals surface area contributed by atoms with Crippen molar-refractivity contribution < 1.29 is 9.47 Å². The number of rotatable bonds is 9. The molecule has 36 heavy (non-hydrogen) atoms. The zero-order valence-corrected chi connectivity index (χ0v) is 20.0. The molecule has 0 aliphatic heterocycles. The molecule has 5 aromatic rings. The summed E-state index contributed by atoms with van der Waals surface area (Å²) in [5.74, 6) is 1.99. The van der Waals surface area contributed by atoms with Crippen LogP contribution in [0.4, 0.5) is 0 Å². The van der Waals surface area contributed by atoms with Gasteiger partial charge in [-0.1, -0.05) is 36.4 Å². The summed E-state index contributed by atoms with van der Waals surface area (Å²) in [6.45, 7) is 4.89. The summed E-state index contributed by atoms with van der Waals surface area (Å²) in [7, 11) is 0. The monoisotopic (exact) mass is 479 g/mol. The highest BCUT2D eigenvalue weighted by Gasteiger charge is 2.21. The van der Waals surface area contributed by atoms with Crippen LogP contribution in [0, 0.1) is 0 Å². The molecule has 0 bridgehead atoms. The van der Waals surface area contributed by atoms with E-state index in [-0.39, 0.29) is 6.04 Å². The molecule has 0 aliphatic rings. The summed E-state index contributed by atoms with van der Waals surface area (Å²) < 4.78 is 13.2. The van der Waals surface area contributed by atoms with E-state index < -0.39 is 0 Å². The van der Waals surface area contributed by atoms with Gasteiger partial charge in [-0.05, 0) is 43.2 Å². The normalized spacial score (nSPS) is 11.7. The van der Waals surface area contributed by atoms with E-state index in [0.717, 1.165) is 11.1 Å². The van der Waals surface area contributed by atoms with Gasteiger partial charge in [-0.25, -0.2) is 24.6 Å². The fourth-order valence-electron chi connectivity index (χ4n) is 3.66. The van der Waals surface area contributed by atoms with Crippen molar-refractivity contribution in [3.05, 3.63) is 96.6 Å². The summed E-state index contributed by atoms with van der Waals surface area (Å²) in [5, 5.41) is 4.82. The summed E-state index contributed by atoms with van der Waals surface area (Å²) >= 11 is 0. The number of hydrogen-bond donors (Lipinski definition) is 0. The van der Waals surface area contributed by atoms with E-state index in [1.165, 1.54) is 0 Å². The second kappa shape index (κ2) is 10.7. The predicted molar refractivity (Wildman–Crippen MR) is 134 cm³/mol. The third-order valence-corrected chi connectivity index (χ3v) is 5.52. The zero-order chi connectivity index (χ0) is 24.7. The van der Waals surface area contributed by atoms with Crippen molar-refractivity contribution in [3.8, 4) is 34.8 Å². The molecule has 1 atom stereocenters. The van der Waals surface area contributed by atoms with Crippen molar-refractivity contribution in [2.45, 2.75) is 26.5 Å². The Labute approximate surface area is 208 Å². The van der Waals surface area contributed by atoms with Crippen LogP contribution in [0.3, 0.4) is 0 Å².